The van der Waals surface area contributed by atoms with Gasteiger partial charge < -0.3 is 14.5 Å². The van der Waals surface area contributed by atoms with E-state index in [-0.39, 0.29) is 17.9 Å². The fourth-order valence-electron chi connectivity index (χ4n) is 2.25. The molecule has 2 aromatic heterocycles. The minimum absolute atomic E-state index is 0.0411. The molecule has 1 N–H and O–H groups in total. The largest absolute Gasteiger partial charge is 0.466 e. The molecule has 21 heavy (non-hydrogen) atoms. The Labute approximate surface area is 125 Å². The van der Waals surface area contributed by atoms with Crippen LogP contribution in [0.5, 0.6) is 0 Å². The summed E-state index contributed by atoms with van der Waals surface area (Å²) in [5.41, 5.74) is 3.20. The molecule has 5 heteroatoms. The van der Waals surface area contributed by atoms with E-state index >= 15 is 0 Å². The minimum atomic E-state index is -0.175. The van der Waals surface area contributed by atoms with E-state index in [0.29, 0.717) is 13.2 Å². The zero-order chi connectivity index (χ0) is 15.4. The lowest BCUT2D eigenvalue weighted by molar-refractivity contribution is -0.148. The van der Waals surface area contributed by atoms with Crippen molar-refractivity contribution in [3.05, 3.63) is 35.8 Å². The first-order valence-corrected chi connectivity index (χ1v) is 7.36. The molecule has 0 saturated heterocycles. The van der Waals surface area contributed by atoms with Crippen molar-refractivity contribution in [2.45, 2.75) is 40.3 Å². The van der Waals surface area contributed by atoms with Crippen molar-refractivity contribution in [3.63, 3.8) is 0 Å². The lowest BCUT2D eigenvalue weighted by Crippen LogP contribution is -2.36. The Morgan fingerprint density at radius 3 is 2.95 bits per heavy atom. The van der Waals surface area contributed by atoms with Crippen LogP contribution in [-0.2, 0) is 16.1 Å². The highest BCUT2D eigenvalue weighted by atomic mass is 16.5. The summed E-state index contributed by atoms with van der Waals surface area (Å²) in [6.07, 6.45) is 3.88. The van der Waals surface area contributed by atoms with Crippen LogP contribution in [0.15, 0.2) is 24.5 Å². The summed E-state index contributed by atoms with van der Waals surface area (Å²) in [4.78, 5) is 16.2. The van der Waals surface area contributed by atoms with Crippen LogP contribution in [0.2, 0.25) is 0 Å². The highest BCUT2D eigenvalue weighted by Gasteiger charge is 2.21. The van der Waals surface area contributed by atoms with Crippen molar-refractivity contribution in [1.82, 2.24) is 14.7 Å². The van der Waals surface area contributed by atoms with Gasteiger partial charge in [-0.2, -0.15) is 0 Å². The molecule has 2 atom stereocenters. The van der Waals surface area contributed by atoms with Crippen molar-refractivity contribution >= 4 is 11.6 Å². The zero-order valence-electron chi connectivity index (χ0n) is 13.1. The summed E-state index contributed by atoms with van der Waals surface area (Å²) in [5.74, 6) is -0.336. The van der Waals surface area contributed by atoms with Crippen LogP contribution in [0.1, 0.15) is 32.0 Å². The number of esters is 1. The molecule has 0 fully saturated rings. The third-order valence-electron chi connectivity index (χ3n) is 3.82. The van der Waals surface area contributed by atoms with Crippen LogP contribution >= 0.6 is 0 Å². The maximum absolute atomic E-state index is 11.7. The molecule has 2 aromatic rings. The van der Waals surface area contributed by atoms with Crippen LogP contribution < -0.4 is 5.32 Å². The number of ether oxygens (including phenoxy) is 1. The number of rotatable bonds is 6. The van der Waals surface area contributed by atoms with E-state index in [1.807, 2.05) is 52.2 Å². The van der Waals surface area contributed by atoms with E-state index in [2.05, 4.69) is 14.7 Å². The number of aryl methyl sites for hydroxylation is 1. The summed E-state index contributed by atoms with van der Waals surface area (Å²) < 4.78 is 7.12. The smallest absolute Gasteiger partial charge is 0.310 e. The third-order valence-corrected chi connectivity index (χ3v) is 3.82. The Balaban J connectivity index is 2.01. The number of nitrogens with one attached hydrogen (secondary N) is 1. The Kier molecular flexibility index (Phi) is 4.96. The maximum atomic E-state index is 11.7. The van der Waals surface area contributed by atoms with Gasteiger partial charge in [-0.15, -0.1) is 0 Å². The second-order valence-corrected chi connectivity index (χ2v) is 5.34. The van der Waals surface area contributed by atoms with Gasteiger partial charge in [0, 0.05) is 18.8 Å². The summed E-state index contributed by atoms with van der Waals surface area (Å²) in [7, 11) is 0. The van der Waals surface area contributed by atoms with Gasteiger partial charge in [0.2, 0.25) is 0 Å². The Morgan fingerprint density at radius 1 is 1.48 bits per heavy atom. The van der Waals surface area contributed by atoms with Gasteiger partial charge in [-0.25, -0.2) is 4.98 Å². The highest BCUT2D eigenvalue weighted by molar-refractivity contribution is 5.72. The number of carbonyl (C=O) groups is 1. The molecular weight excluding hydrogens is 266 g/mol. The number of hydrogen-bond acceptors (Lipinski definition) is 4. The Hall–Kier alpha value is -1.88. The molecule has 5 nitrogen and oxygen atoms in total. The van der Waals surface area contributed by atoms with Gasteiger partial charge in [-0.05, 0) is 32.4 Å². The van der Waals surface area contributed by atoms with Crippen molar-refractivity contribution in [1.29, 1.82) is 0 Å². The van der Waals surface area contributed by atoms with Gasteiger partial charge in [0.25, 0.3) is 0 Å². The van der Waals surface area contributed by atoms with E-state index in [0.717, 1.165) is 16.9 Å². The van der Waals surface area contributed by atoms with E-state index in [1.54, 1.807) is 0 Å². The molecule has 0 aliphatic carbocycles. The average molecular weight is 289 g/mol. The molecule has 0 saturated carbocycles. The molecule has 114 valence electrons. The molecule has 0 bridgehead atoms. The van der Waals surface area contributed by atoms with Crippen LogP contribution in [0.4, 0.5) is 0 Å². The average Bonchev–Trinajstić information content (AvgIpc) is 2.89. The first-order valence-electron chi connectivity index (χ1n) is 7.36. The quantitative estimate of drug-likeness (QED) is 0.829. The van der Waals surface area contributed by atoms with Crippen molar-refractivity contribution in [2.24, 2.45) is 5.92 Å². The lowest BCUT2D eigenvalue weighted by atomic mass is 10.0. The second-order valence-electron chi connectivity index (χ2n) is 5.34. The van der Waals surface area contributed by atoms with E-state index in [1.165, 1.54) is 0 Å². The fourth-order valence-corrected chi connectivity index (χ4v) is 2.25. The molecule has 0 aliphatic rings. The Bertz CT molecular complexity index is 621. The summed E-state index contributed by atoms with van der Waals surface area (Å²) >= 11 is 0. The standard InChI is InChI=1S/C16H23N3O2/c1-5-21-16(20)12(3)13(4)17-9-14-10-18-15-11(2)7-6-8-19(14)15/h6-8,10,12-13,17H,5,9H2,1-4H3/t12-,13-/m1/s1. The van der Waals surface area contributed by atoms with Crippen LogP contribution in [-0.4, -0.2) is 28.0 Å². The normalized spacial score (nSPS) is 14.1. The van der Waals surface area contributed by atoms with Crippen molar-refractivity contribution < 1.29 is 9.53 Å². The summed E-state index contributed by atoms with van der Waals surface area (Å²) in [5, 5.41) is 3.37. The second kappa shape index (κ2) is 6.72. The summed E-state index contributed by atoms with van der Waals surface area (Å²) in [6, 6.07) is 4.10. The molecule has 0 spiro atoms. The number of pyridine rings is 1. The van der Waals surface area contributed by atoms with Gasteiger partial charge in [-0.1, -0.05) is 13.0 Å². The van der Waals surface area contributed by atoms with E-state index in [9.17, 15) is 4.79 Å². The first-order chi connectivity index (χ1) is 10.0. The molecule has 0 aromatic carbocycles. The number of carbonyl (C=O) groups excluding carboxylic acids is 1. The minimum Gasteiger partial charge on any atom is -0.466 e. The molecule has 0 radical (unpaired) electrons. The van der Waals surface area contributed by atoms with Crippen molar-refractivity contribution in [3.8, 4) is 0 Å². The fraction of sp³-hybridized carbons (Fsp3) is 0.500. The van der Waals surface area contributed by atoms with Gasteiger partial charge in [-0.3, -0.25) is 4.79 Å². The zero-order valence-corrected chi connectivity index (χ0v) is 13.1. The van der Waals surface area contributed by atoms with Gasteiger partial charge in [0.05, 0.1) is 24.4 Å². The predicted octanol–water partition coefficient (Wildman–Crippen LogP) is 2.32. The number of nitrogens with zero attached hydrogens (tertiary/aromatic N) is 2. The number of imidazole rings is 1. The predicted molar refractivity (Wildman–Crippen MR) is 82.0 cm³/mol. The molecular formula is C16H23N3O2. The molecule has 0 unspecified atom stereocenters. The topological polar surface area (TPSA) is 55.6 Å². The lowest BCUT2D eigenvalue weighted by Gasteiger charge is -2.19. The van der Waals surface area contributed by atoms with Crippen LogP contribution in [0.25, 0.3) is 5.65 Å². The van der Waals surface area contributed by atoms with Crippen LogP contribution in [0, 0.1) is 12.8 Å². The van der Waals surface area contributed by atoms with Gasteiger partial charge >= 0.3 is 5.97 Å². The van der Waals surface area contributed by atoms with Crippen molar-refractivity contribution in [2.75, 3.05) is 6.61 Å². The molecule has 2 rings (SSSR count). The number of aromatic nitrogens is 2. The van der Waals surface area contributed by atoms with Crippen LogP contribution in [0.3, 0.4) is 0 Å². The monoisotopic (exact) mass is 289 g/mol. The summed E-state index contributed by atoms with van der Waals surface area (Å²) in [6.45, 7) is 8.83. The molecule has 0 aliphatic heterocycles. The number of fused-ring (bicyclic) bond motifs is 1. The third kappa shape index (κ3) is 3.42. The highest BCUT2D eigenvalue weighted by Crippen LogP contribution is 2.12. The van der Waals surface area contributed by atoms with Gasteiger partial charge in [0.1, 0.15) is 5.65 Å². The molecule has 0 amide bonds. The SMILES string of the molecule is CCOC(=O)[C@H](C)[C@@H](C)NCc1cnc2c(C)cccn12. The molecule has 2 heterocycles. The number of hydrogen-bond donors (Lipinski definition) is 1. The maximum Gasteiger partial charge on any atom is 0.310 e. The Morgan fingerprint density at radius 2 is 2.24 bits per heavy atom. The van der Waals surface area contributed by atoms with Gasteiger partial charge in [0.15, 0.2) is 0 Å². The first kappa shape index (κ1) is 15.5. The van der Waals surface area contributed by atoms with E-state index in [4.69, 9.17) is 4.74 Å². The van der Waals surface area contributed by atoms with E-state index < -0.39 is 0 Å².